The van der Waals surface area contributed by atoms with Crippen LogP contribution in [-0.4, -0.2) is 49.7 Å². The summed E-state index contributed by atoms with van der Waals surface area (Å²) in [6, 6.07) is 7.02. The number of halogens is 5. The number of sulfonamides is 1. The summed E-state index contributed by atoms with van der Waals surface area (Å²) in [6.45, 7) is -0.342. The molecule has 1 saturated heterocycles. The summed E-state index contributed by atoms with van der Waals surface area (Å²) in [6.07, 6.45) is -4.67. The summed E-state index contributed by atoms with van der Waals surface area (Å²) in [5, 5.41) is 0.181. The van der Waals surface area contributed by atoms with E-state index in [9.17, 15) is 30.8 Å². The minimum absolute atomic E-state index is 0.0387. The summed E-state index contributed by atoms with van der Waals surface area (Å²) in [5.74, 6) is -1.39. The van der Waals surface area contributed by atoms with Gasteiger partial charge in [0.2, 0.25) is 10.0 Å². The Morgan fingerprint density at radius 1 is 1.00 bits per heavy atom. The first kappa shape index (κ1) is 21.5. The van der Waals surface area contributed by atoms with Gasteiger partial charge in [-0.05, 0) is 36.4 Å². The smallest absolute Gasteiger partial charge is 0.336 e. The lowest BCUT2D eigenvalue weighted by molar-refractivity contribution is -0.137. The highest BCUT2D eigenvalue weighted by Gasteiger charge is 2.34. The number of amides is 1. The first-order valence-corrected chi connectivity index (χ1v) is 10.2. The maximum Gasteiger partial charge on any atom is 0.416 e. The lowest BCUT2D eigenvalue weighted by Gasteiger charge is -2.34. The number of piperazine rings is 1. The van der Waals surface area contributed by atoms with Crippen molar-refractivity contribution in [3.63, 3.8) is 0 Å². The largest absolute Gasteiger partial charge is 0.416 e. The summed E-state index contributed by atoms with van der Waals surface area (Å²) < 4.78 is 78.9. The van der Waals surface area contributed by atoms with Gasteiger partial charge < -0.3 is 4.90 Å². The number of carbonyl (C=O) groups is 1. The highest BCUT2D eigenvalue weighted by Crippen LogP contribution is 2.31. The highest BCUT2D eigenvalue weighted by molar-refractivity contribution is 7.89. The Kier molecular flexibility index (Phi) is 5.88. The Morgan fingerprint density at radius 3 is 2.28 bits per heavy atom. The summed E-state index contributed by atoms with van der Waals surface area (Å²) in [7, 11) is -4.17. The van der Waals surface area contributed by atoms with E-state index in [1.807, 2.05) is 0 Å². The molecular weight excluding hydrogens is 436 g/mol. The number of hydrogen-bond acceptors (Lipinski definition) is 3. The fourth-order valence-electron chi connectivity index (χ4n) is 2.95. The number of nitrogens with zero attached hydrogens (tertiary/aromatic N) is 2. The second-order valence-electron chi connectivity index (χ2n) is 6.35. The summed E-state index contributed by atoms with van der Waals surface area (Å²) in [5.41, 5.74) is -1.30. The molecule has 0 unspecified atom stereocenters. The molecule has 0 atom stereocenters. The topological polar surface area (TPSA) is 57.7 Å². The van der Waals surface area contributed by atoms with Gasteiger partial charge in [-0.3, -0.25) is 4.79 Å². The molecule has 1 aliphatic rings. The van der Waals surface area contributed by atoms with E-state index >= 15 is 0 Å². The monoisotopic (exact) mass is 450 g/mol. The molecule has 1 amide bonds. The van der Waals surface area contributed by atoms with Gasteiger partial charge in [0.1, 0.15) is 5.82 Å². The maximum absolute atomic E-state index is 13.9. The molecule has 11 heteroatoms. The van der Waals surface area contributed by atoms with Gasteiger partial charge in [0.25, 0.3) is 5.91 Å². The normalized spacial score (nSPS) is 16.1. The first-order chi connectivity index (χ1) is 13.5. The van der Waals surface area contributed by atoms with Crippen molar-refractivity contribution in [3.05, 3.63) is 64.4 Å². The zero-order valence-electron chi connectivity index (χ0n) is 14.8. The van der Waals surface area contributed by atoms with E-state index in [0.29, 0.717) is 6.07 Å². The number of carbonyl (C=O) groups excluding carboxylic acids is 1. The van der Waals surface area contributed by atoms with Crippen LogP contribution < -0.4 is 0 Å². The lowest BCUT2D eigenvalue weighted by Crippen LogP contribution is -2.50. The van der Waals surface area contributed by atoms with Gasteiger partial charge in [0.15, 0.2) is 0 Å². The third kappa shape index (κ3) is 4.54. The van der Waals surface area contributed by atoms with Crippen LogP contribution in [0.1, 0.15) is 15.9 Å². The predicted octanol–water partition coefficient (Wildman–Crippen LogP) is 3.64. The third-order valence-electron chi connectivity index (χ3n) is 4.48. The quantitative estimate of drug-likeness (QED) is 0.671. The molecule has 156 valence electrons. The van der Waals surface area contributed by atoms with Crippen LogP contribution in [0.2, 0.25) is 5.02 Å². The van der Waals surface area contributed by atoms with Crippen molar-refractivity contribution >= 4 is 27.5 Å². The van der Waals surface area contributed by atoms with Crippen molar-refractivity contribution in [3.8, 4) is 0 Å². The van der Waals surface area contributed by atoms with Crippen LogP contribution in [-0.2, 0) is 16.2 Å². The van der Waals surface area contributed by atoms with Gasteiger partial charge in [-0.25, -0.2) is 12.8 Å². The number of hydrogen-bond donors (Lipinski definition) is 0. The van der Waals surface area contributed by atoms with Crippen LogP contribution in [0.5, 0.6) is 0 Å². The van der Waals surface area contributed by atoms with Gasteiger partial charge in [-0.1, -0.05) is 17.7 Å². The number of benzene rings is 2. The molecule has 0 spiro atoms. The average Bonchev–Trinajstić information content (AvgIpc) is 2.69. The van der Waals surface area contributed by atoms with Crippen molar-refractivity contribution < 1.29 is 30.8 Å². The van der Waals surface area contributed by atoms with Crippen LogP contribution in [0.25, 0.3) is 0 Å². The van der Waals surface area contributed by atoms with Crippen molar-refractivity contribution in [2.45, 2.75) is 11.1 Å². The Hall–Kier alpha value is -2.17. The Bertz CT molecular complexity index is 1040. The van der Waals surface area contributed by atoms with Crippen LogP contribution >= 0.6 is 11.6 Å². The number of rotatable bonds is 3. The van der Waals surface area contributed by atoms with E-state index in [2.05, 4.69) is 0 Å². The number of alkyl halides is 3. The molecule has 0 bridgehead atoms. The van der Waals surface area contributed by atoms with Crippen LogP contribution in [0, 0.1) is 5.82 Å². The summed E-state index contributed by atoms with van der Waals surface area (Å²) in [4.78, 5) is 13.3. The molecule has 1 heterocycles. The molecule has 0 radical (unpaired) electrons. The van der Waals surface area contributed by atoms with E-state index in [4.69, 9.17) is 11.6 Å². The van der Waals surface area contributed by atoms with Crippen LogP contribution in [0.4, 0.5) is 17.6 Å². The molecule has 2 aromatic carbocycles. The SMILES string of the molecule is O=C(c1cc(Cl)ccc1F)N1CCN(S(=O)(=O)c2cccc(C(F)(F)F)c2)CC1. The molecule has 2 aromatic rings. The first-order valence-electron chi connectivity index (χ1n) is 8.42. The predicted molar refractivity (Wildman–Crippen MR) is 97.5 cm³/mol. The van der Waals surface area contributed by atoms with Crippen molar-refractivity contribution in [1.82, 2.24) is 9.21 Å². The standard InChI is InChI=1S/C18H15ClF4N2O3S/c19-13-4-5-16(20)15(11-13)17(26)24-6-8-25(9-7-24)29(27,28)14-3-1-2-12(10-14)18(21,22)23/h1-5,10-11H,6-9H2. The van der Waals surface area contributed by atoms with E-state index in [1.54, 1.807) is 0 Å². The summed E-state index contributed by atoms with van der Waals surface area (Å²) >= 11 is 5.79. The Morgan fingerprint density at radius 2 is 1.66 bits per heavy atom. The maximum atomic E-state index is 13.9. The van der Waals surface area contributed by atoms with E-state index in [0.717, 1.165) is 28.6 Å². The van der Waals surface area contributed by atoms with E-state index in [-0.39, 0.29) is 36.8 Å². The molecule has 1 aliphatic heterocycles. The van der Waals surface area contributed by atoms with Gasteiger partial charge >= 0.3 is 6.18 Å². The zero-order chi connectivity index (χ0) is 21.4. The molecule has 1 fully saturated rings. The van der Waals surface area contributed by atoms with Crippen LogP contribution in [0.15, 0.2) is 47.4 Å². The Balaban J connectivity index is 1.75. The second-order valence-corrected chi connectivity index (χ2v) is 8.72. The van der Waals surface area contributed by atoms with Gasteiger partial charge in [-0.2, -0.15) is 17.5 Å². The molecular formula is C18H15ClF4N2O3S. The molecule has 0 aliphatic carbocycles. The molecule has 5 nitrogen and oxygen atoms in total. The van der Waals surface area contributed by atoms with Crippen molar-refractivity contribution in [1.29, 1.82) is 0 Å². The fraction of sp³-hybridized carbons (Fsp3) is 0.278. The van der Waals surface area contributed by atoms with Gasteiger partial charge in [-0.15, -0.1) is 0 Å². The van der Waals surface area contributed by atoms with Crippen molar-refractivity contribution in [2.24, 2.45) is 0 Å². The molecule has 0 aromatic heterocycles. The fourth-order valence-corrected chi connectivity index (χ4v) is 4.59. The second kappa shape index (κ2) is 7.92. The van der Waals surface area contributed by atoms with E-state index in [1.165, 1.54) is 17.0 Å². The Labute approximate surface area is 169 Å². The molecule has 3 rings (SSSR count). The zero-order valence-corrected chi connectivity index (χ0v) is 16.4. The van der Waals surface area contributed by atoms with Crippen LogP contribution in [0.3, 0.4) is 0 Å². The molecule has 0 saturated carbocycles. The highest BCUT2D eigenvalue weighted by atomic mass is 35.5. The van der Waals surface area contributed by atoms with Gasteiger partial charge in [0.05, 0.1) is 16.0 Å². The lowest BCUT2D eigenvalue weighted by atomic mass is 10.1. The minimum atomic E-state index is -4.67. The van der Waals surface area contributed by atoms with Crippen molar-refractivity contribution in [2.75, 3.05) is 26.2 Å². The average molecular weight is 451 g/mol. The minimum Gasteiger partial charge on any atom is -0.336 e. The third-order valence-corrected chi connectivity index (χ3v) is 6.61. The molecule has 0 N–H and O–H groups in total. The molecule has 29 heavy (non-hydrogen) atoms. The van der Waals surface area contributed by atoms with E-state index < -0.39 is 38.4 Å². The van der Waals surface area contributed by atoms with Gasteiger partial charge in [0, 0.05) is 31.2 Å².